The summed E-state index contributed by atoms with van der Waals surface area (Å²) in [5, 5.41) is 4.12. The first-order valence-electron chi connectivity index (χ1n) is 2.51. The predicted molar refractivity (Wildman–Crippen MR) is 39.7 cm³/mol. The first-order chi connectivity index (χ1) is 3.93. The molecule has 1 aliphatic rings. The highest BCUT2D eigenvalue weighted by atomic mass is 32.2. The van der Waals surface area contributed by atoms with Gasteiger partial charge in [-0.05, 0) is 17.7 Å². The summed E-state index contributed by atoms with van der Waals surface area (Å²) in [5.41, 5.74) is 0. The van der Waals surface area contributed by atoms with Crippen molar-refractivity contribution < 1.29 is 4.74 Å². The van der Waals surface area contributed by atoms with E-state index in [1.165, 1.54) is 0 Å². The maximum absolute atomic E-state index is 5.27. The Labute approximate surface area is 57.9 Å². The minimum Gasteiger partial charge on any atom is -0.357 e. The van der Waals surface area contributed by atoms with Crippen LogP contribution in [0.2, 0.25) is 0 Å². The molecule has 0 saturated carbocycles. The Morgan fingerprint density at radius 3 is 2.62 bits per heavy atom. The molecule has 0 aromatic heterocycles. The Morgan fingerprint density at radius 2 is 2.12 bits per heavy atom. The summed E-state index contributed by atoms with van der Waals surface area (Å²) < 4.78 is 5.60. The van der Waals surface area contributed by atoms with Crippen molar-refractivity contribution in [1.82, 2.24) is 0 Å². The molecule has 0 N–H and O–H groups in total. The Balaban J connectivity index is 2.10. The highest BCUT2D eigenvalue weighted by Gasteiger charge is 2.09. The molecule has 1 nitrogen and oxygen atoms in total. The zero-order valence-electron chi connectivity index (χ0n) is 4.66. The molecule has 0 spiro atoms. The van der Waals surface area contributed by atoms with Crippen LogP contribution in [-0.2, 0) is 4.74 Å². The molecule has 0 aromatic rings. The van der Waals surface area contributed by atoms with E-state index in [2.05, 4.69) is 10.8 Å². The van der Waals surface area contributed by atoms with E-state index in [-0.39, 0.29) is 0 Å². The van der Waals surface area contributed by atoms with E-state index in [1.54, 1.807) is 23.5 Å². The third kappa shape index (κ3) is 1.73. The van der Waals surface area contributed by atoms with Crippen LogP contribution in [0.4, 0.5) is 0 Å². The van der Waals surface area contributed by atoms with Crippen LogP contribution in [0, 0.1) is 0 Å². The van der Waals surface area contributed by atoms with Crippen molar-refractivity contribution in [3.05, 3.63) is 10.8 Å². The van der Waals surface area contributed by atoms with Gasteiger partial charge in [0, 0.05) is 6.61 Å². The van der Waals surface area contributed by atoms with Crippen LogP contribution in [0.1, 0.15) is 6.92 Å². The van der Waals surface area contributed by atoms with Gasteiger partial charge in [0.05, 0.1) is 0 Å². The van der Waals surface area contributed by atoms with E-state index in [1.807, 2.05) is 6.92 Å². The minimum atomic E-state index is 0.333. The lowest BCUT2D eigenvalue weighted by atomic mass is 10.9. The Hall–Kier alpha value is 0.400. The Bertz CT molecular complexity index is 84.4. The second kappa shape index (κ2) is 3.43. The summed E-state index contributed by atoms with van der Waals surface area (Å²) >= 11 is 3.45. The quantitative estimate of drug-likeness (QED) is 0.594. The Kier molecular flexibility index (Phi) is 2.80. The molecular formula is C5H8OS2. The van der Waals surface area contributed by atoms with Crippen molar-refractivity contribution in [3.8, 4) is 0 Å². The minimum absolute atomic E-state index is 0.333. The van der Waals surface area contributed by atoms with Crippen molar-refractivity contribution in [1.29, 1.82) is 0 Å². The molecule has 0 fully saturated rings. The normalized spacial score (nSPS) is 20.1. The van der Waals surface area contributed by atoms with E-state index >= 15 is 0 Å². The van der Waals surface area contributed by atoms with E-state index in [4.69, 9.17) is 4.74 Å². The molecule has 0 unspecified atom stereocenters. The van der Waals surface area contributed by atoms with Gasteiger partial charge in [-0.25, -0.2) is 0 Å². The predicted octanol–water partition coefficient (Wildman–Crippen LogP) is 2.26. The molecule has 0 bridgehead atoms. The number of rotatable bonds is 2. The lowest BCUT2D eigenvalue weighted by molar-refractivity contribution is 0.179. The molecular weight excluding hydrogens is 140 g/mol. The summed E-state index contributed by atoms with van der Waals surface area (Å²) in [6.45, 7) is 2.83. The lowest BCUT2D eigenvalue weighted by Gasteiger charge is -2.04. The van der Waals surface area contributed by atoms with E-state index in [0.29, 0.717) is 4.77 Å². The molecule has 46 valence electrons. The molecule has 8 heavy (non-hydrogen) atoms. The van der Waals surface area contributed by atoms with Crippen LogP contribution in [0.5, 0.6) is 0 Å². The number of hydrogen-bond acceptors (Lipinski definition) is 3. The second-order valence-electron chi connectivity index (χ2n) is 1.29. The van der Waals surface area contributed by atoms with E-state index in [0.717, 1.165) is 6.61 Å². The highest BCUT2D eigenvalue weighted by molar-refractivity contribution is 8.22. The molecule has 3 heteroatoms. The van der Waals surface area contributed by atoms with Gasteiger partial charge in [-0.2, -0.15) is 0 Å². The van der Waals surface area contributed by atoms with E-state index in [9.17, 15) is 0 Å². The van der Waals surface area contributed by atoms with Crippen LogP contribution in [0.25, 0.3) is 0 Å². The first kappa shape index (κ1) is 6.52. The van der Waals surface area contributed by atoms with Crippen LogP contribution < -0.4 is 0 Å². The second-order valence-corrected chi connectivity index (χ2v) is 3.53. The van der Waals surface area contributed by atoms with Crippen molar-refractivity contribution in [2.75, 3.05) is 6.61 Å². The van der Waals surface area contributed by atoms with Crippen LogP contribution in [0.15, 0.2) is 10.8 Å². The third-order valence-electron chi connectivity index (χ3n) is 0.738. The van der Waals surface area contributed by atoms with Gasteiger partial charge in [0.25, 0.3) is 0 Å². The summed E-state index contributed by atoms with van der Waals surface area (Å²) in [6.07, 6.45) is 0. The van der Waals surface area contributed by atoms with Gasteiger partial charge in [-0.15, -0.1) is 0 Å². The van der Waals surface area contributed by atoms with Gasteiger partial charge in [0.15, 0.2) is 4.77 Å². The van der Waals surface area contributed by atoms with Crippen LogP contribution in [-0.4, -0.2) is 11.4 Å². The Morgan fingerprint density at radius 1 is 1.50 bits per heavy atom. The summed E-state index contributed by atoms with van der Waals surface area (Å²) in [4.78, 5) is 0. The fourth-order valence-electron chi connectivity index (χ4n) is 0.439. The average Bonchev–Trinajstić information content (AvgIpc) is 2.19. The SMILES string of the molecule is CCOC1SC=CS1. The van der Waals surface area contributed by atoms with Gasteiger partial charge in [-0.1, -0.05) is 23.5 Å². The maximum Gasteiger partial charge on any atom is 0.157 e. The monoisotopic (exact) mass is 148 g/mol. The zero-order chi connectivity index (χ0) is 5.82. The summed E-state index contributed by atoms with van der Waals surface area (Å²) in [7, 11) is 0. The molecule has 1 heterocycles. The first-order valence-corrected chi connectivity index (χ1v) is 4.39. The lowest BCUT2D eigenvalue weighted by Crippen LogP contribution is -1.97. The van der Waals surface area contributed by atoms with Gasteiger partial charge in [0.1, 0.15) is 0 Å². The van der Waals surface area contributed by atoms with Crippen molar-refractivity contribution in [3.63, 3.8) is 0 Å². The highest BCUT2D eigenvalue weighted by Crippen LogP contribution is 2.33. The number of ether oxygens (including phenoxy) is 1. The average molecular weight is 148 g/mol. The van der Waals surface area contributed by atoms with Gasteiger partial charge >= 0.3 is 0 Å². The smallest absolute Gasteiger partial charge is 0.157 e. The molecule has 0 aliphatic carbocycles. The van der Waals surface area contributed by atoms with Gasteiger partial charge in [-0.3, -0.25) is 0 Å². The van der Waals surface area contributed by atoms with Crippen molar-refractivity contribution in [2.45, 2.75) is 11.7 Å². The van der Waals surface area contributed by atoms with E-state index < -0.39 is 0 Å². The summed E-state index contributed by atoms with van der Waals surface area (Å²) in [6, 6.07) is 0. The van der Waals surface area contributed by atoms with Gasteiger partial charge < -0.3 is 4.74 Å². The fourth-order valence-corrected chi connectivity index (χ4v) is 2.28. The molecule has 0 saturated heterocycles. The maximum atomic E-state index is 5.27. The molecule has 0 atom stereocenters. The molecule has 0 aromatic carbocycles. The number of thioether (sulfide) groups is 2. The largest absolute Gasteiger partial charge is 0.357 e. The standard InChI is InChI=1S/C5H8OS2/c1-2-6-5-7-3-4-8-5/h3-5H,2H2,1H3. The van der Waals surface area contributed by atoms with Crippen molar-refractivity contribution >= 4 is 23.5 Å². The molecule has 1 rings (SSSR count). The van der Waals surface area contributed by atoms with Crippen molar-refractivity contribution in [2.24, 2.45) is 0 Å². The van der Waals surface area contributed by atoms with Crippen LogP contribution >= 0.6 is 23.5 Å². The number of hydrogen-bond donors (Lipinski definition) is 0. The summed E-state index contributed by atoms with van der Waals surface area (Å²) in [5.74, 6) is 0. The zero-order valence-corrected chi connectivity index (χ0v) is 6.30. The van der Waals surface area contributed by atoms with Gasteiger partial charge in [0.2, 0.25) is 0 Å². The fraction of sp³-hybridized carbons (Fsp3) is 0.600. The molecule has 0 amide bonds. The molecule has 1 aliphatic heterocycles. The third-order valence-corrected chi connectivity index (χ3v) is 2.88. The molecule has 0 radical (unpaired) electrons. The topological polar surface area (TPSA) is 9.23 Å². The van der Waals surface area contributed by atoms with Crippen LogP contribution in [0.3, 0.4) is 0 Å².